The third-order valence-corrected chi connectivity index (χ3v) is 6.10. The van der Waals surface area contributed by atoms with E-state index in [0.29, 0.717) is 23.8 Å². The number of hydrogen-bond acceptors (Lipinski definition) is 7. The van der Waals surface area contributed by atoms with Gasteiger partial charge in [-0.2, -0.15) is 10.2 Å². The van der Waals surface area contributed by atoms with Crippen LogP contribution in [-0.4, -0.2) is 82.8 Å². The van der Waals surface area contributed by atoms with E-state index < -0.39 is 12.7 Å². The van der Waals surface area contributed by atoms with Crippen LogP contribution in [0.25, 0.3) is 28.2 Å². The molecule has 2 atom stereocenters. The van der Waals surface area contributed by atoms with Crippen LogP contribution in [0.15, 0.2) is 49.1 Å². The zero-order valence-electron chi connectivity index (χ0n) is 18.9. The summed E-state index contributed by atoms with van der Waals surface area (Å²) in [5.74, 6) is 1.32. The molecule has 0 saturated carbocycles. The summed E-state index contributed by atoms with van der Waals surface area (Å²) in [5, 5.41) is 30.3. The zero-order chi connectivity index (χ0) is 23.8. The summed E-state index contributed by atoms with van der Waals surface area (Å²) in [4.78, 5) is 25.5. The number of anilines is 1. The Kier molecular flexibility index (Phi) is 5.72. The molecule has 1 aliphatic rings. The molecule has 2 amide bonds. The van der Waals surface area contributed by atoms with Crippen molar-refractivity contribution in [3.8, 4) is 22.5 Å². The van der Waals surface area contributed by atoms with Crippen molar-refractivity contribution >= 4 is 17.5 Å². The largest absolute Gasteiger partial charge is 0.394 e. The van der Waals surface area contributed by atoms with E-state index in [1.807, 2.05) is 24.3 Å². The molecule has 0 aliphatic carbocycles. The second kappa shape index (κ2) is 8.84. The fourth-order valence-electron chi connectivity index (χ4n) is 4.27. The molecule has 0 bridgehead atoms. The lowest BCUT2D eigenvalue weighted by Crippen LogP contribution is -2.39. The van der Waals surface area contributed by atoms with Gasteiger partial charge in [-0.05, 0) is 17.5 Å². The second-order valence-corrected chi connectivity index (χ2v) is 8.72. The van der Waals surface area contributed by atoms with Crippen LogP contribution in [0.5, 0.6) is 0 Å². The number of carbonyl (C=O) groups is 1. The number of nitrogens with one attached hydrogen (secondary N) is 1. The van der Waals surface area contributed by atoms with Gasteiger partial charge in [-0.25, -0.2) is 19.3 Å². The van der Waals surface area contributed by atoms with E-state index in [9.17, 15) is 15.0 Å². The Morgan fingerprint density at radius 1 is 1.18 bits per heavy atom. The summed E-state index contributed by atoms with van der Waals surface area (Å²) in [5.41, 5.74) is 3.29. The molecule has 4 heterocycles. The van der Waals surface area contributed by atoms with E-state index in [-0.39, 0.29) is 24.5 Å². The highest BCUT2D eigenvalue weighted by Gasteiger charge is 2.41. The number of β-amino-alcohol motifs (C(OH)–C–C–N with tert-alkyl or cyclic N) is 1. The summed E-state index contributed by atoms with van der Waals surface area (Å²) in [6.07, 6.45) is 4.10. The van der Waals surface area contributed by atoms with Gasteiger partial charge in [-0.15, -0.1) is 0 Å². The topological polar surface area (TPSA) is 136 Å². The van der Waals surface area contributed by atoms with Crippen LogP contribution in [0.3, 0.4) is 0 Å². The molecular weight excluding hydrogens is 436 g/mol. The van der Waals surface area contributed by atoms with Crippen LogP contribution in [0.2, 0.25) is 0 Å². The van der Waals surface area contributed by atoms with E-state index >= 15 is 0 Å². The van der Waals surface area contributed by atoms with Gasteiger partial charge in [0.05, 0.1) is 31.5 Å². The van der Waals surface area contributed by atoms with E-state index in [2.05, 4.69) is 34.1 Å². The Hall–Kier alpha value is -3.83. The Morgan fingerprint density at radius 3 is 2.62 bits per heavy atom. The summed E-state index contributed by atoms with van der Waals surface area (Å²) >= 11 is 0. The lowest BCUT2D eigenvalue weighted by Gasteiger charge is -2.25. The fraction of sp³-hybridized carbons (Fsp3) is 0.348. The highest BCUT2D eigenvalue weighted by atomic mass is 16.3. The van der Waals surface area contributed by atoms with Crippen molar-refractivity contribution in [2.45, 2.75) is 26.0 Å². The molecule has 5 rings (SSSR count). The summed E-state index contributed by atoms with van der Waals surface area (Å²) in [7, 11) is 0. The van der Waals surface area contributed by atoms with Crippen LogP contribution in [0.4, 0.5) is 10.6 Å². The highest BCUT2D eigenvalue weighted by Crippen LogP contribution is 2.31. The number of benzene rings is 1. The van der Waals surface area contributed by atoms with Gasteiger partial charge < -0.3 is 15.1 Å². The first-order valence-corrected chi connectivity index (χ1v) is 11.1. The van der Waals surface area contributed by atoms with Crippen molar-refractivity contribution in [3.05, 3.63) is 49.1 Å². The van der Waals surface area contributed by atoms with Gasteiger partial charge >= 0.3 is 6.03 Å². The first-order valence-electron chi connectivity index (χ1n) is 11.1. The Balaban J connectivity index is 1.49. The van der Waals surface area contributed by atoms with E-state index in [1.54, 1.807) is 32.8 Å². The molecule has 1 saturated heterocycles. The van der Waals surface area contributed by atoms with Crippen molar-refractivity contribution in [1.82, 2.24) is 34.7 Å². The average Bonchev–Trinajstić information content (AvgIpc) is 3.58. The number of aliphatic hydroxyl groups is 2. The van der Waals surface area contributed by atoms with Gasteiger partial charge in [0.2, 0.25) is 0 Å². The molecule has 3 aromatic heterocycles. The van der Waals surface area contributed by atoms with Crippen LogP contribution in [0.1, 0.15) is 13.8 Å². The van der Waals surface area contributed by atoms with Crippen LogP contribution < -0.4 is 4.90 Å². The molecule has 34 heavy (non-hydrogen) atoms. The minimum absolute atomic E-state index is 0.0758. The molecule has 1 aliphatic heterocycles. The first-order chi connectivity index (χ1) is 16.5. The molecule has 11 nitrogen and oxygen atoms in total. The number of H-pyrrole nitrogens is 1. The van der Waals surface area contributed by atoms with Gasteiger partial charge in [0.15, 0.2) is 11.5 Å². The monoisotopic (exact) mass is 462 g/mol. The number of rotatable bonds is 7. The summed E-state index contributed by atoms with van der Waals surface area (Å²) in [6.45, 7) is 4.24. The predicted octanol–water partition coefficient (Wildman–Crippen LogP) is 1.80. The van der Waals surface area contributed by atoms with Crippen molar-refractivity contribution in [3.63, 3.8) is 0 Å². The number of carbonyl (C=O) groups excluding carboxylic acids is 1. The predicted molar refractivity (Wildman–Crippen MR) is 125 cm³/mol. The lowest BCUT2D eigenvalue weighted by molar-refractivity contribution is 0.0719. The van der Waals surface area contributed by atoms with Crippen LogP contribution >= 0.6 is 0 Å². The maximum atomic E-state index is 13.2. The summed E-state index contributed by atoms with van der Waals surface area (Å²) in [6, 6.07) is 9.24. The molecule has 0 unspecified atom stereocenters. The second-order valence-electron chi connectivity index (χ2n) is 8.72. The third kappa shape index (κ3) is 3.88. The Labute approximate surface area is 195 Å². The molecule has 4 aromatic rings. The zero-order valence-corrected chi connectivity index (χ0v) is 18.9. The smallest absolute Gasteiger partial charge is 0.326 e. The number of nitrogens with zero attached hydrogens (tertiary/aromatic N) is 7. The number of aromatic nitrogens is 6. The first kappa shape index (κ1) is 22.0. The number of amides is 2. The van der Waals surface area contributed by atoms with E-state index in [0.717, 1.165) is 16.7 Å². The third-order valence-electron chi connectivity index (χ3n) is 6.10. The minimum atomic E-state index is -0.978. The molecule has 1 aromatic carbocycles. The van der Waals surface area contributed by atoms with Gasteiger partial charge in [-0.1, -0.05) is 38.1 Å². The number of urea groups is 1. The Bertz CT molecular complexity index is 1290. The van der Waals surface area contributed by atoms with E-state index in [1.165, 1.54) is 6.33 Å². The number of hydrogen-bond donors (Lipinski definition) is 3. The SMILES string of the molecule is CC(C)[C@H]1CN(C[C@@H](O)CO)C(=O)N1c1ccn2ncc(-c3ccc(-c4nc[nH]n4)cc3)c2n1. The molecule has 3 N–H and O–H groups in total. The molecule has 0 radical (unpaired) electrons. The fourth-order valence-corrected chi connectivity index (χ4v) is 4.27. The van der Waals surface area contributed by atoms with Crippen molar-refractivity contribution < 1.29 is 15.0 Å². The van der Waals surface area contributed by atoms with Crippen molar-refractivity contribution in [2.24, 2.45) is 5.92 Å². The molecule has 11 heteroatoms. The molecular formula is C23H26N8O3. The number of aliphatic hydroxyl groups excluding tert-OH is 2. The average molecular weight is 463 g/mol. The van der Waals surface area contributed by atoms with Crippen molar-refractivity contribution in [1.29, 1.82) is 0 Å². The van der Waals surface area contributed by atoms with Gasteiger partial charge in [0.25, 0.3) is 0 Å². The van der Waals surface area contributed by atoms with Crippen LogP contribution in [0, 0.1) is 5.92 Å². The lowest BCUT2D eigenvalue weighted by atomic mass is 10.0. The summed E-state index contributed by atoms with van der Waals surface area (Å²) < 4.78 is 1.68. The minimum Gasteiger partial charge on any atom is -0.394 e. The number of aromatic amines is 1. The van der Waals surface area contributed by atoms with Crippen LogP contribution in [-0.2, 0) is 0 Å². The van der Waals surface area contributed by atoms with Gasteiger partial charge in [0.1, 0.15) is 12.1 Å². The van der Waals surface area contributed by atoms with E-state index in [4.69, 9.17) is 4.98 Å². The maximum absolute atomic E-state index is 13.2. The Morgan fingerprint density at radius 2 is 1.94 bits per heavy atom. The normalized spacial score (nSPS) is 17.3. The molecule has 176 valence electrons. The molecule has 0 spiro atoms. The van der Waals surface area contributed by atoms with Gasteiger partial charge in [0, 0.05) is 23.9 Å². The standard InChI is InChI=1S/C23H26N8O3/c1-14(2)19-11-29(10-17(33)12-32)23(34)31(19)20-7-8-30-22(27-20)18(9-26-30)15-3-5-16(6-4-15)21-24-13-25-28-21/h3-9,13-14,17,19,32-33H,10-12H2,1-2H3,(H,24,25,28)/t17-,19-/m1/s1. The molecule has 1 fully saturated rings. The quantitative estimate of drug-likeness (QED) is 0.381. The number of fused-ring (bicyclic) bond motifs is 1. The van der Waals surface area contributed by atoms with Crippen molar-refractivity contribution in [2.75, 3.05) is 24.6 Å². The highest BCUT2D eigenvalue weighted by molar-refractivity contribution is 5.94. The maximum Gasteiger partial charge on any atom is 0.326 e. The van der Waals surface area contributed by atoms with Gasteiger partial charge in [-0.3, -0.25) is 10.00 Å².